The number of rotatable bonds is 2. The average Bonchev–Trinajstić information content (AvgIpc) is 2.85. The van der Waals surface area contributed by atoms with Crippen molar-refractivity contribution in [2.75, 3.05) is 19.6 Å². The number of carbonyl (C=O) groups excluding carboxylic acids is 1. The molecule has 0 saturated carbocycles. The van der Waals surface area contributed by atoms with Crippen LogP contribution in [0.5, 0.6) is 0 Å². The quantitative estimate of drug-likeness (QED) is 0.846. The Labute approximate surface area is 99.5 Å². The number of hydrogen-bond acceptors (Lipinski definition) is 3. The molecular formula is C12H16N2OS. The fourth-order valence-electron chi connectivity index (χ4n) is 2.50. The molecule has 2 fully saturated rings. The third kappa shape index (κ3) is 1.66. The molecule has 16 heavy (non-hydrogen) atoms. The predicted octanol–water partition coefficient (Wildman–Crippen LogP) is 1.63. The molecule has 0 aliphatic carbocycles. The van der Waals surface area contributed by atoms with Gasteiger partial charge in [0.15, 0.2) is 0 Å². The van der Waals surface area contributed by atoms with Crippen molar-refractivity contribution >= 4 is 17.2 Å². The smallest absolute Gasteiger partial charge is 0.228 e. The summed E-state index contributed by atoms with van der Waals surface area (Å²) in [5.41, 5.74) is 0. The summed E-state index contributed by atoms with van der Waals surface area (Å²) in [7, 11) is 0. The van der Waals surface area contributed by atoms with Gasteiger partial charge in [0.1, 0.15) is 0 Å². The lowest BCUT2D eigenvalue weighted by molar-refractivity contribution is -0.138. The molecule has 1 unspecified atom stereocenters. The minimum atomic E-state index is 0.237. The normalized spacial score (nSPS) is 25.8. The summed E-state index contributed by atoms with van der Waals surface area (Å²) < 4.78 is 0. The Bertz CT molecular complexity index is 372. The lowest BCUT2D eigenvalue weighted by Crippen LogP contribution is -2.51. The molecule has 4 heteroatoms. The average molecular weight is 236 g/mol. The van der Waals surface area contributed by atoms with Gasteiger partial charge >= 0.3 is 0 Å². The molecule has 3 heterocycles. The third-order valence-corrected chi connectivity index (χ3v) is 4.51. The van der Waals surface area contributed by atoms with E-state index in [1.54, 1.807) is 11.3 Å². The van der Waals surface area contributed by atoms with Crippen LogP contribution in [-0.2, 0) is 4.79 Å². The van der Waals surface area contributed by atoms with Gasteiger partial charge in [0.2, 0.25) is 5.91 Å². The van der Waals surface area contributed by atoms with Crippen molar-refractivity contribution in [3.05, 3.63) is 22.4 Å². The van der Waals surface area contributed by atoms with Gasteiger partial charge in [0.25, 0.3) is 0 Å². The van der Waals surface area contributed by atoms with Crippen molar-refractivity contribution in [2.45, 2.75) is 18.9 Å². The van der Waals surface area contributed by atoms with Gasteiger partial charge in [-0.05, 0) is 24.3 Å². The standard InChI is InChI=1S/C12H16N2OS/c15-12(9-7-13-8-9)14-5-1-3-10(14)11-4-2-6-16-11/h2,4,6,9-10,13H,1,3,5,7-8H2. The first-order valence-electron chi connectivity index (χ1n) is 5.91. The second-order valence-corrected chi connectivity index (χ2v) is 5.54. The highest BCUT2D eigenvalue weighted by Gasteiger charge is 2.36. The Morgan fingerprint density at radius 1 is 1.50 bits per heavy atom. The molecule has 2 aliphatic rings. The van der Waals surface area contributed by atoms with Crippen molar-refractivity contribution in [2.24, 2.45) is 5.92 Å². The van der Waals surface area contributed by atoms with E-state index in [1.165, 1.54) is 4.88 Å². The first-order chi connectivity index (χ1) is 7.86. The monoisotopic (exact) mass is 236 g/mol. The van der Waals surface area contributed by atoms with Crippen molar-refractivity contribution in [3.63, 3.8) is 0 Å². The zero-order valence-electron chi connectivity index (χ0n) is 9.19. The third-order valence-electron chi connectivity index (χ3n) is 3.54. The zero-order valence-corrected chi connectivity index (χ0v) is 10.0. The van der Waals surface area contributed by atoms with E-state index in [0.29, 0.717) is 11.9 Å². The van der Waals surface area contributed by atoms with Gasteiger partial charge in [0, 0.05) is 24.5 Å². The second-order valence-electron chi connectivity index (χ2n) is 4.56. The number of thiophene rings is 1. The molecule has 0 bridgehead atoms. The molecule has 1 aromatic heterocycles. The van der Waals surface area contributed by atoms with E-state index in [9.17, 15) is 4.79 Å². The molecule has 2 aliphatic heterocycles. The molecule has 1 aromatic rings. The predicted molar refractivity (Wildman–Crippen MR) is 64.4 cm³/mol. The van der Waals surface area contributed by atoms with Gasteiger partial charge < -0.3 is 10.2 Å². The highest BCUT2D eigenvalue weighted by molar-refractivity contribution is 7.10. The number of nitrogens with one attached hydrogen (secondary N) is 1. The van der Waals surface area contributed by atoms with Crippen molar-refractivity contribution in [1.82, 2.24) is 10.2 Å². The van der Waals surface area contributed by atoms with Crippen LogP contribution >= 0.6 is 11.3 Å². The molecule has 1 N–H and O–H groups in total. The molecule has 0 aromatic carbocycles. The summed E-state index contributed by atoms with van der Waals surface area (Å²) in [6.07, 6.45) is 2.28. The molecule has 3 nitrogen and oxygen atoms in total. The van der Waals surface area contributed by atoms with Crippen LogP contribution in [-0.4, -0.2) is 30.4 Å². The minimum absolute atomic E-state index is 0.237. The van der Waals surface area contributed by atoms with Gasteiger partial charge in [-0.3, -0.25) is 4.79 Å². The maximum atomic E-state index is 12.2. The van der Waals surface area contributed by atoms with E-state index in [-0.39, 0.29) is 5.92 Å². The number of hydrogen-bond donors (Lipinski definition) is 1. The molecule has 2 saturated heterocycles. The maximum Gasteiger partial charge on any atom is 0.228 e. The Hall–Kier alpha value is -0.870. The first kappa shape index (κ1) is 10.3. The molecule has 3 rings (SSSR count). The number of likely N-dealkylation sites (tertiary alicyclic amines) is 1. The topological polar surface area (TPSA) is 32.3 Å². The molecule has 1 atom stereocenters. The van der Waals surface area contributed by atoms with Crippen molar-refractivity contribution in [3.8, 4) is 0 Å². The van der Waals surface area contributed by atoms with Gasteiger partial charge in [0.05, 0.1) is 12.0 Å². The maximum absolute atomic E-state index is 12.2. The Balaban J connectivity index is 1.76. The number of nitrogens with zero attached hydrogens (tertiary/aromatic N) is 1. The SMILES string of the molecule is O=C(C1CNC1)N1CCCC1c1cccs1. The molecular weight excluding hydrogens is 220 g/mol. The zero-order chi connectivity index (χ0) is 11.0. The van der Waals surface area contributed by atoms with Crippen LogP contribution < -0.4 is 5.32 Å². The molecule has 1 amide bonds. The van der Waals surface area contributed by atoms with E-state index in [4.69, 9.17) is 0 Å². The lowest BCUT2D eigenvalue weighted by Gasteiger charge is -2.33. The van der Waals surface area contributed by atoms with Gasteiger partial charge in [-0.25, -0.2) is 0 Å². The van der Waals surface area contributed by atoms with Gasteiger partial charge in [-0.2, -0.15) is 0 Å². The van der Waals surface area contributed by atoms with Crippen LogP contribution in [0.1, 0.15) is 23.8 Å². The van der Waals surface area contributed by atoms with Crippen LogP contribution in [0.25, 0.3) is 0 Å². The Kier molecular flexibility index (Phi) is 2.69. The fourth-order valence-corrected chi connectivity index (χ4v) is 3.38. The minimum Gasteiger partial charge on any atom is -0.335 e. The summed E-state index contributed by atoms with van der Waals surface area (Å²) in [4.78, 5) is 15.7. The Morgan fingerprint density at radius 3 is 3.00 bits per heavy atom. The van der Waals surface area contributed by atoms with Crippen LogP contribution in [0.4, 0.5) is 0 Å². The summed E-state index contributed by atoms with van der Waals surface area (Å²) in [6, 6.07) is 4.58. The van der Waals surface area contributed by atoms with E-state index >= 15 is 0 Å². The largest absolute Gasteiger partial charge is 0.335 e. The number of carbonyl (C=O) groups is 1. The van der Waals surface area contributed by atoms with Crippen molar-refractivity contribution < 1.29 is 4.79 Å². The lowest BCUT2D eigenvalue weighted by atomic mass is 10.0. The highest BCUT2D eigenvalue weighted by Crippen LogP contribution is 2.35. The summed E-state index contributed by atoms with van der Waals surface area (Å²) >= 11 is 1.77. The van der Waals surface area contributed by atoms with Crippen LogP contribution in [0, 0.1) is 5.92 Å². The van der Waals surface area contributed by atoms with Crippen LogP contribution in [0.15, 0.2) is 17.5 Å². The molecule has 86 valence electrons. The fraction of sp³-hybridized carbons (Fsp3) is 0.583. The summed E-state index contributed by atoms with van der Waals surface area (Å²) in [6.45, 7) is 2.68. The van der Waals surface area contributed by atoms with E-state index < -0.39 is 0 Å². The van der Waals surface area contributed by atoms with Gasteiger partial charge in [-0.1, -0.05) is 6.07 Å². The van der Waals surface area contributed by atoms with Gasteiger partial charge in [-0.15, -0.1) is 11.3 Å². The van der Waals surface area contributed by atoms with E-state index in [2.05, 4.69) is 27.7 Å². The molecule has 0 radical (unpaired) electrons. The van der Waals surface area contributed by atoms with Crippen LogP contribution in [0.3, 0.4) is 0 Å². The van der Waals surface area contributed by atoms with E-state index in [1.807, 2.05) is 0 Å². The first-order valence-corrected chi connectivity index (χ1v) is 6.79. The Morgan fingerprint density at radius 2 is 2.38 bits per heavy atom. The molecule has 0 spiro atoms. The van der Waals surface area contributed by atoms with Crippen molar-refractivity contribution in [1.29, 1.82) is 0 Å². The number of amides is 1. The highest BCUT2D eigenvalue weighted by atomic mass is 32.1. The second kappa shape index (κ2) is 4.18. The summed E-state index contributed by atoms with van der Waals surface area (Å²) in [5.74, 6) is 0.593. The summed E-state index contributed by atoms with van der Waals surface area (Å²) in [5, 5.41) is 5.27. The van der Waals surface area contributed by atoms with E-state index in [0.717, 1.165) is 32.5 Å². The van der Waals surface area contributed by atoms with Crippen LogP contribution in [0.2, 0.25) is 0 Å².